The van der Waals surface area contributed by atoms with Crippen LogP contribution in [0.1, 0.15) is 29.7 Å². The zero-order valence-corrected chi connectivity index (χ0v) is 12.3. The average molecular weight is 296 g/mol. The van der Waals surface area contributed by atoms with Crippen molar-refractivity contribution >= 4 is 11.3 Å². The van der Waals surface area contributed by atoms with Crippen LogP contribution in [0, 0.1) is 0 Å². The minimum Gasteiger partial charge on any atom is -0.386 e. The minimum absolute atomic E-state index is 0.0551. The van der Waals surface area contributed by atoms with E-state index in [1.165, 1.54) is 5.56 Å². The van der Waals surface area contributed by atoms with E-state index in [-0.39, 0.29) is 6.04 Å². The third kappa shape index (κ3) is 2.11. The number of benzene rings is 1. The zero-order valence-electron chi connectivity index (χ0n) is 11.5. The number of aliphatic hydroxyl groups is 1. The van der Waals surface area contributed by atoms with Gasteiger partial charge in [0.1, 0.15) is 5.82 Å². The number of aryl methyl sites for hydroxylation is 1. The van der Waals surface area contributed by atoms with Crippen molar-refractivity contribution in [2.24, 2.45) is 0 Å². The first-order valence-electron chi connectivity index (χ1n) is 7.17. The van der Waals surface area contributed by atoms with Crippen molar-refractivity contribution in [3.05, 3.63) is 65.3 Å². The number of rotatable bonds is 2. The average Bonchev–Trinajstić information content (AvgIpc) is 3.18. The van der Waals surface area contributed by atoms with E-state index in [9.17, 15) is 5.11 Å². The van der Waals surface area contributed by atoms with Gasteiger partial charge in [0, 0.05) is 12.4 Å². The Kier molecular flexibility index (Phi) is 3.13. The highest BCUT2D eigenvalue weighted by atomic mass is 32.1. The van der Waals surface area contributed by atoms with Crippen molar-refractivity contribution in [3.8, 4) is 10.7 Å². The molecule has 0 radical (unpaired) electrons. The van der Waals surface area contributed by atoms with Gasteiger partial charge in [0.25, 0.3) is 0 Å². The highest BCUT2D eigenvalue weighted by Crippen LogP contribution is 2.39. The molecule has 1 aromatic carbocycles. The van der Waals surface area contributed by atoms with Crippen molar-refractivity contribution in [2.45, 2.75) is 25.0 Å². The van der Waals surface area contributed by atoms with Gasteiger partial charge in [-0.1, -0.05) is 30.3 Å². The number of nitrogens with zero attached hydrogens (tertiary/aromatic N) is 2. The number of aliphatic hydroxyl groups excluding tert-OH is 1. The van der Waals surface area contributed by atoms with Crippen LogP contribution in [-0.4, -0.2) is 14.7 Å². The van der Waals surface area contributed by atoms with E-state index in [4.69, 9.17) is 0 Å². The molecule has 2 atom stereocenters. The lowest BCUT2D eigenvalue weighted by Crippen LogP contribution is -2.24. The van der Waals surface area contributed by atoms with Crippen LogP contribution >= 0.6 is 11.3 Å². The van der Waals surface area contributed by atoms with E-state index >= 15 is 0 Å². The highest BCUT2D eigenvalue weighted by molar-refractivity contribution is 7.13. The molecule has 106 valence electrons. The quantitative estimate of drug-likeness (QED) is 0.780. The second kappa shape index (κ2) is 5.13. The van der Waals surface area contributed by atoms with E-state index in [1.54, 1.807) is 11.3 Å². The summed E-state index contributed by atoms with van der Waals surface area (Å²) in [6.07, 6.45) is 5.27. The molecule has 1 aliphatic carbocycles. The Morgan fingerprint density at radius 3 is 2.95 bits per heavy atom. The predicted molar refractivity (Wildman–Crippen MR) is 84.3 cm³/mol. The summed E-state index contributed by atoms with van der Waals surface area (Å²) in [4.78, 5) is 5.63. The van der Waals surface area contributed by atoms with Crippen LogP contribution in [0.4, 0.5) is 0 Å². The van der Waals surface area contributed by atoms with Gasteiger partial charge >= 0.3 is 0 Å². The van der Waals surface area contributed by atoms with Crippen LogP contribution < -0.4 is 0 Å². The highest BCUT2D eigenvalue weighted by Gasteiger charge is 2.30. The van der Waals surface area contributed by atoms with E-state index in [0.717, 1.165) is 29.1 Å². The predicted octanol–water partition coefficient (Wildman–Crippen LogP) is 3.83. The molecule has 1 N–H and O–H groups in total. The molecule has 2 unspecified atom stereocenters. The molecule has 2 aromatic heterocycles. The van der Waals surface area contributed by atoms with Crippen molar-refractivity contribution in [3.63, 3.8) is 0 Å². The van der Waals surface area contributed by atoms with Crippen molar-refractivity contribution in [1.82, 2.24) is 9.55 Å². The van der Waals surface area contributed by atoms with E-state index in [1.807, 2.05) is 36.7 Å². The molecule has 21 heavy (non-hydrogen) atoms. The summed E-state index contributed by atoms with van der Waals surface area (Å²) in [5.74, 6) is 0.952. The monoisotopic (exact) mass is 296 g/mol. The molecule has 1 aliphatic rings. The number of aromatic nitrogens is 2. The van der Waals surface area contributed by atoms with Gasteiger partial charge in [-0.05, 0) is 35.4 Å². The first kappa shape index (κ1) is 12.8. The van der Waals surface area contributed by atoms with Gasteiger partial charge in [-0.2, -0.15) is 0 Å². The second-order valence-corrected chi connectivity index (χ2v) is 6.33. The molecule has 4 rings (SSSR count). The second-order valence-electron chi connectivity index (χ2n) is 5.39. The first-order chi connectivity index (χ1) is 10.3. The van der Waals surface area contributed by atoms with Crippen LogP contribution in [0.25, 0.3) is 10.7 Å². The smallest absolute Gasteiger partial charge is 0.150 e. The molecule has 0 bridgehead atoms. The molecule has 0 amide bonds. The fraction of sp³-hybridized carbons (Fsp3) is 0.235. The normalized spacial score (nSPS) is 21.2. The molecule has 0 fully saturated rings. The van der Waals surface area contributed by atoms with Crippen molar-refractivity contribution in [1.29, 1.82) is 0 Å². The lowest BCUT2D eigenvalue weighted by atomic mass is 9.85. The van der Waals surface area contributed by atoms with Gasteiger partial charge in [-0.3, -0.25) is 0 Å². The molecular formula is C17H16N2OS. The summed E-state index contributed by atoms with van der Waals surface area (Å²) in [6.45, 7) is 0. The van der Waals surface area contributed by atoms with Crippen LogP contribution in [0.3, 0.4) is 0 Å². The lowest BCUT2D eigenvalue weighted by molar-refractivity contribution is 0.0997. The Balaban J connectivity index is 1.75. The molecular weight excluding hydrogens is 280 g/mol. The Labute approximate surface area is 127 Å². The lowest BCUT2D eigenvalue weighted by Gasteiger charge is -2.31. The maximum Gasteiger partial charge on any atom is 0.150 e. The maximum atomic E-state index is 10.8. The largest absolute Gasteiger partial charge is 0.386 e. The fourth-order valence-corrected chi connectivity index (χ4v) is 3.91. The fourth-order valence-electron chi connectivity index (χ4n) is 3.19. The molecule has 0 spiro atoms. The minimum atomic E-state index is -0.470. The van der Waals surface area contributed by atoms with Gasteiger partial charge < -0.3 is 9.67 Å². The Bertz CT molecular complexity index is 748. The molecule has 3 nitrogen and oxygen atoms in total. The summed E-state index contributed by atoms with van der Waals surface area (Å²) in [5.41, 5.74) is 2.32. The van der Waals surface area contributed by atoms with Crippen molar-refractivity contribution < 1.29 is 5.11 Å². The summed E-state index contributed by atoms with van der Waals surface area (Å²) >= 11 is 1.68. The number of hydrogen-bond donors (Lipinski definition) is 1. The number of thiophene rings is 1. The third-order valence-electron chi connectivity index (χ3n) is 4.22. The van der Waals surface area contributed by atoms with Crippen molar-refractivity contribution in [2.75, 3.05) is 0 Å². The Morgan fingerprint density at radius 1 is 1.19 bits per heavy atom. The van der Waals surface area contributed by atoms with E-state index < -0.39 is 6.10 Å². The Morgan fingerprint density at radius 2 is 2.10 bits per heavy atom. The number of imidazole rings is 1. The molecule has 2 heterocycles. The summed E-state index contributed by atoms with van der Waals surface area (Å²) < 4.78 is 2.13. The molecule has 0 saturated heterocycles. The summed E-state index contributed by atoms with van der Waals surface area (Å²) in [6, 6.07) is 12.4. The number of hydrogen-bond acceptors (Lipinski definition) is 3. The SMILES string of the molecule is OC1c2ccccc2CCC1n1ccnc1-c1cccs1. The van der Waals surface area contributed by atoms with Gasteiger partial charge in [0.05, 0.1) is 17.0 Å². The third-order valence-corrected chi connectivity index (χ3v) is 5.08. The maximum absolute atomic E-state index is 10.8. The van der Waals surface area contributed by atoms with E-state index in [2.05, 4.69) is 27.1 Å². The molecule has 0 saturated carbocycles. The van der Waals surface area contributed by atoms with Gasteiger partial charge in [0.15, 0.2) is 0 Å². The van der Waals surface area contributed by atoms with E-state index in [0.29, 0.717) is 0 Å². The molecule has 0 aliphatic heterocycles. The van der Waals surface area contributed by atoms with Gasteiger partial charge in [-0.15, -0.1) is 11.3 Å². The molecule has 4 heteroatoms. The number of fused-ring (bicyclic) bond motifs is 1. The first-order valence-corrected chi connectivity index (χ1v) is 8.05. The van der Waals surface area contributed by atoms with Crippen LogP contribution in [-0.2, 0) is 6.42 Å². The molecule has 3 aromatic rings. The van der Waals surface area contributed by atoms with Crippen LogP contribution in [0.2, 0.25) is 0 Å². The van der Waals surface area contributed by atoms with Crippen LogP contribution in [0.5, 0.6) is 0 Å². The standard InChI is InChI=1S/C17H16N2OS/c20-16-13-5-2-1-4-12(13)7-8-14(16)19-10-9-18-17(19)15-6-3-11-21-15/h1-6,9-11,14,16,20H,7-8H2. The van der Waals surface area contributed by atoms with Gasteiger partial charge in [0.2, 0.25) is 0 Å². The summed E-state index contributed by atoms with van der Waals surface area (Å²) in [5, 5.41) is 12.8. The van der Waals surface area contributed by atoms with Crippen LogP contribution in [0.15, 0.2) is 54.2 Å². The Hall–Kier alpha value is -1.91. The van der Waals surface area contributed by atoms with Gasteiger partial charge in [-0.25, -0.2) is 4.98 Å². The topological polar surface area (TPSA) is 38.0 Å². The zero-order chi connectivity index (χ0) is 14.2. The summed E-state index contributed by atoms with van der Waals surface area (Å²) in [7, 11) is 0.